The molecule has 0 saturated carbocycles. The number of hydrogen-bond donors (Lipinski definition) is 0. The molecule has 0 aromatic heterocycles. The van der Waals surface area contributed by atoms with Gasteiger partial charge in [0.25, 0.3) is 0 Å². The van der Waals surface area contributed by atoms with Crippen molar-refractivity contribution < 1.29 is 14.3 Å². The van der Waals surface area contributed by atoms with Crippen molar-refractivity contribution in [2.45, 2.75) is 45.4 Å². The highest BCUT2D eigenvalue weighted by atomic mass is 35.5. The monoisotopic (exact) mass is 495 g/mol. The Kier molecular flexibility index (Phi) is 5.23. The maximum absolute atomic E-state index is 13.5. The Labute approximate surface area is 210 Å². The second-order valence-corrected chi connectivity index (χ2v) is 11.2. The fraction of sp³-hybridized carbons (Fsp3) is 0.393. The van der Waals surface area contributed by atoms with Gasteiger partial charge in [-0.15, -0.1) is 0 Å². The van der Waals surface area contributed by atoms with Crippen molar-refractivity contribution >= 4 is 34.7 Å². The first kappa shape index (κ1) is 22.1. The number of ether oxygens (including phenoxy) is 2. The van der Waals surface area contributed by atoms with Gasteiger partial charge < -0.3 is 14.4 Å². The molecule has 0 radical (unpaired) electrons. The SMILES string of the molecule is CC1(C)CC(=O)C2=C(C1)N1CCc3cc4c(cc3C1=CC2c1ccc(Cl)c(Cl)c1)OCCCO4. The molecule has 0 fully saturated rings. The van der Waals surface area contributed by atoms with E-state index in [0.29, 0.717) is 29.7 Å². The maximum Gasteiger partial charge on any atom is 0.162 e. The van der Waals surface area contributed by atoms with E-state index in [4.69, 9.17) is 32.7 Å². The Bertz CT molecular complexity index is 1280. The average Bonchev–Trinajstić information content (AvgIpc) is 3.03. The van der Waals surface area contributed by atoms with Gasteiger partial charge >= 0.3 is 0 Å². The summed E-state index contributed by atoms with van der Waals surface area (Å²) in [5, 5.41) is 1.02. The standard InChI is InChI=1S/C28H27Cl2NO3/c1-28(2)14-23-27(24(32)15-28)19(16-4-5-20(29)21(30)10-16)12-22-18-13-26-25(33-8-3-9-34-26)11-17(18)6-7-31(22)23/h4-5,10-13,19H,3,6-9,14-15H2,1-2H3. The smallest absolute Gasteiger partial charge is 0.162 e. The van der Waals surface area contributed by atoms with Gasteiger partial charge in [0.05, 0.1) is 23.3 Å². The Balaban J connectivity index is 1.54. The Morgan fingerprint density at radius 3 is 2.53 bits per heavy atom. The second-order valence-electron chi connectivity index (χ2n) is 10.4. The zero-order valence-corrected chi connectivity index (χ0v) is 20.9. The molecule has 34 heavy (non-hydrogen) atoms. The van der Waals surface area contributed by atoms with Gasteiger partial charge in [-0.2, -0.15) is 0 Å². The number of benzene rings is 2. The molecular formula is C28H27Cl2NO3. The zero-order valence-electron chi connectivity index (χ0n) is 19.4. The summed E-state index contributed by atoms with van der Waals surface area (Å²) in [5.74, 6) is 1.68. The molecule has 3 aliphatic heterocycles. The number of Topliss-reactive ketones (excluding diaryl/α,β-unsaturated/α-hetero) is 1. The van der Waals surface area contributed by atoms with Crippen LogP contribution in [0.1, 0.15) is 55.7 Å². The summed E-state index contributed by atoms with van der Waals surface area (Å²) in [5.41, 5.74) is 6.51. The molecule has 6 heteroatoms. The molecule has 6 rings (SSSR count). The van der Waals surface area contributed by atoms with E-state index in [9.17, 15) is 4.79 Å². The molecule has 0 N–H and O–H groups in total. The summed E-state index contributed by atoms with van der Waals surface area (Å²) in [7, 11) is 0. The van der Waals surface area contributed by atoms with Gasteiger partial charge in [0.2, 0.25) is 0 Å². The predicted octanol–water partition coefficient (Wildman–Crippen LogP) is 6.79. The van der Waals surface area contributed by atoms with Crippen molar-refractivity contribution in [2.75, 3.05) is 19.8 Å². The molecule has 1 atom stereocenters. The molecular weight excluding hydrogens is 469 g/mol. The topological polar surface area (TPSA) is 38.8 Å². The fourth-order valence-electron chi connectivity index (χ4n) is 5.76. The third kappa shape index (κ3) is 3.63. The number of carbonyl (C=O) groups is 1. The van der Waals surface area contributed by atoms with Gasteiger partial charge in [0, 0.05) is 47.8 Å². The van der Waals surface area contributed by atoms with Crippen LogP contribution in [0.3, 0.4) is 0 Å². The quantitative estimate of drug-likeness (QED) is 0.436. The van der Waals surface area contributed by atoms with E-state index in [0.717, 1.165) is 65.4 Å². The molecule has 4 aliphatic rings. The lowest BCUT2D eigenvalue weighted by Crippen LogP contribution is -2.40. The first-order valence-electron chi connectivity index (χ1n) is 11.9. The van der Waals surface area contributed by atoms with E-state index in [1.54, 1.807) is 0 Å². The highest BCUT2D eigenvalue weighted by Crippen LogP contribution is 2.51. The van der Waals surface area contributed by atoms with Crippen molar-refractivity contribution in [3.63, 3.8) is 0 Å². The van der Waals surface area contributed by atoms with Gasteiger partial charge in [0.15, 0.2) is 17.3 Å². The lowest BCUT2D eigenvalue weighted by molar-refractivity contribution is -0.118. The molecule has 0 bridgehead atoms. The number of allylic oxidation sites excluding steroid dienone is 3. The van der Waals surface area contributed by atoms with Crippen LogP contribution in [0.25, 0.3) is 5.70 Å². The van der Waals surface area contributed by atoms with Crippen molar-refractivity contribution in [3.05, 3.63) is 74.4 Å². The number of ketones is 1. The number of hydrogen-bond acceptors (Lipinski definition) is 4. The van der Waals surface area contributed by atoms with Crippen molar-refractivity contribution in [3.8, 4) is 11.5 Å². The van der Waals surface area contributed by atoms with Crippen LogP contribution >= 0.6 is 23.2 Å². The number of fused-ring (bicyclic) bond motifs is 5. The largest absolute Gasteiger partial charge is 0.490 e. The van der Waals surface area contributed by atoms with Crippen LogP contribution in [0.4, 0.5) is 0 Å². The Hall–Kier alpha value is -2.43. The van der Waals surface area contributed by atoms with Crippen LogP contribution < -0.4 is 9.47 Å². The summed E-state index contributed by atoms with van der Waals surface area (Å²) >= 11 is 12.6. The number of nitrogens with zero attached hydrogens (tertiary/aromatic N) is 1. The Morgan fingerprint density at radius 1 is 1.00 bits per heavy atom. The van der Waals surface area contributed by atoms with Gasteiger partial charge in [-0.25, -0.2) is 0 Å². The van der Waals surface area contributed by atoms with Gasteiger partial charge in [-0.1, -0.05) is 43.1 Å². The number of carbonyl (C=O) groups excluding carboxylic acids is 1. The van der Waals surface area contributed by atoms with Crippen LogP contribution in [0.15, 0.2) is 47.7 Å². The van der Waals surface area contributed by atoms with E-state index >= 15 is 0 Å². The molecule has 1 unspecified atom stereocenters. The minimum atomic E-state index is -0.165. The van der Waals surface area contributed by atoms with Gasteiger partial charge in [0.1, 0.15) is 0 Å². The summed E-state index contributed by atoms with van der Waals surface area (Å²) in [6.45, 7) is 6.54. The minimum Gasteiger partial charge on any atom is -0.490 e. The molecule has 0 amide bonds. The van der Waals surface area contributed by atoms with E-state index in [2.05, 4.69) is 37.0 Å². The van der Waals surface area contributed by atoms with Crippen LogP contribution in [-0.4, -0.2) is 30.4 Å². The minimum absolute atomic E-state index is 0.0778. The zero-order chi connectivity index (χ0) is 23.6. The van der Waals surface area contributed by atoms with Crippen LogP contribution in [-0.2, 0) is 11.2 Å². The summed E-state index contributed by atoms with van der Waals surface area (Å²) < 4.78 is 12.0. The van der Waals surface area contributed by atoms with Gasteiger partial charge in [-0.3, -0.25) is 4.79 Å². The summed E-state index contributed by atoms with van der Waals surface area (Å²) in [4.78, 5) is 15.9. The third-order valence-corrected chi connectivity index (χ3v) is 8.04. The van der Waals surface area contributed by atoms with Crippen LogP contribution in [0.5, 0.6) is 11.5 Å². The normalized spacial score (nSPS) is 22.9. The van der Waals surface area contributed by atoms with Crippen molar-refractivity contribution in [1.29, 1.82) is 0 Å². The first-order valence-corrected chi connectivity index (χ1v) is 12.7. The van der Waals surface area contributed by atoms with Crippen molar-refractivity contribution in [2.24, 2.45) is 5.41 Å². The lowest BCUT2D eigenvalue weighted by Gasteiger charge is -2.46. The van der Waals surface area contributed by atoms with Crippen LogP contribution in [0, 0.1) is 5.41 Å². The highest BCUT2D eigenvalue weighted by Gasteiger charge is 2.43. The molecule has 1 aliphatic carbocycles. The second kappa shape index (κ2) is 8.07. The first-order chi connectivity index (χ1) is 16.3. The molecule has 176 valence electrons. The lowest BCUT2D eigenvalue weighted by atomic mass is 9.69. The average molecular weight is 496 g/mol. The predicted molar refractivity (Wildman–Crippen MR) is 135 cm³/mol. The van der Waals surface area contributed by atoms with E-state index in [-0.39, 0.29) is 17.1 Å². The van der Waals surface area contributed by atoms with Crippen LogP contribution in [0.2, 0.25) is 10.0 Å². The Morgan fingerprint density at radius 2 is 1.76 bits per heavy atom. The summed E-state index contributed by atoms with van der Waals surface area (Å²) in [6.07, 6.45) is 5.42. The number of halogens is 2. The molecule has 4 nitrogen and oxygen atoms in total. The maximum atomic E-state index is 13.5. The molecule has 2 aromatic rings. The molecule has 3 heterocycles. The van der Waals surface area contributed by atoms with E-state index < -0.39 is 0 Å². The fourth-order valence-corrected chi connectivity index (χ4v) is 6.07. The molecule has 0 saturated heterocycles. The van der Waals surface area contributed by atoms with E-state index in [1.165, 1.54) is 5.56 Å². The third-order valence-electron chi connectivity index (χ3n) is 7.31. The molecule has 2 aromatic carbocycles. The van der Waals surface area contributed by atoms with Crippen molar-refractivity contribution in [1.82, 2.24) is 4.90 Å². The highest BCUT2D eigenvalue weighted by molar-refractivity contribution is 6.42. The van der Waals surface area contributed by atoms with Gasteiger partial charge in [-0.05, 0) is 59.7 Å². The number of rotatable bonds is 1. The van der Waals surface area contributed by atoms with E-state index in [1.807, 2.05) is 18.2 Å². The molecule has 0 spiro atoms. The summed E-state index contributed by atoms with van der Waals surface area (Å²) in [6, 6.07) is 9.97.